The lowest BCUT2D eigenvalue weighted by molar-refractivity contribution is 0.245. The minimum atomic E-state index is -3.55. The largest absolute Gasteiger partial charge is 0.468 e. The third-order valence-corrected chi connectivity index (χ3v) is 7.32. The first-order valence-corrected chi connectivity index (χ1v) is 9.66. The van der Waals surface area contributed by atoms with Crippen molar-refractivity contribution in [2.45, 2.75) is 30.7 Å². The topological polar surface area (TPSA) is 50.5 Å². The molecule has 2 aliphatic rings. The summed E-state index contributed by atoms with van der Waals surface area (Å²) < 4.78 is 33.7. The highest BCUT2D eigenvalue weighted by Gasteiger charge is 2.68. The fourth-order valence-electron chi connectivity index (χ4n) is 4.18. The Balaban J connectivity index is 1.77. The van der Waals surface area contributed by atoms with Crippen LogP contribution in [-0.2, 0) is 10.0 Å². The second-order valence-corrected chi connectivity index (χ2v) is 8.82. The molecule has 2 aromatic rings. The Morgan fingerprint density at radius 3 is 2.71 bits per heavy atom. The lowest BCUT2D eigenvalue weighted by Crippen LogP contribution is -2.35. The van der Waals surface area contributed by atoms with Crippen LogP contribution in [0.4, 0.5) is 0 Å². The summed E-state index contributed by atoms with van der Waals surface area (Å²) in [4.78, 5) is 0.347. The molecule has 1 aromatic carbocycles. The second-order valence-electron chi connectivity index (χ2n) is 6.93. The van der Waals surface area contributed by atoms with Gasteiger partial charge in [-0.2, -0.15) is 4.31 Å². The molecule has 4 rings (SSSR count). The van der Waals surface area contributed by atoms with E-state index in [4.69, 9.17) is 4.42 Å². The molecule has 2 fully saturated rings. The summed E-state index contributed by atoms with van der Waals surface area (Å²) in [5, 5.41) is 0. The number of aryl methyl sites for hydroxylation is 1. The van der Waals surface area contributed by atoms with Gasteiger partial charge in [0, 0.05) is 12.0 Å². The van der Waals surface area contributed by atoms with Gasteiger partial charge in [0.15, 0.2) is 0 Å². The van der Waals surface area contributed by atoms with E-state index in [1.54, 1.807) is 22.7 Å². The molecule has 4 nitrogen and oxygen atoms in total. The van der Waals surface area contributed by atoms with Crippen LogP contribution in [0.1, 0.15) is 30.2 Å². The Hall–Kier alpha value is -1.85. The highest BCUT2D eigenvalue weighted by Crippen LogP contribution is 2.70. The molecule has 5 heteroatoms. The Morgan fingerprint density at radius 2 is 2.08 bits per heavy atom. The van der Waals surface area contributed by atoms with Crippen molar-refractivity contribution in [3.8, 4) is 0 Å². The fraction of sp³-hybridized carbons (Fsp3) is 0.368. The van der Waals surface area contributed by atoms with E-state index >= 15 is 0 Å². The molecule has 0 spiro atoms. The number of piperidine rings is 1. The summed E-state index contributed by atoms with van der Waals surface area (Å²) >= 11 is 0. The number of sulfonamides is 1. The third-order valence-electron chi connectivity index (χ3n) is 5.48. The van der Waals surface area contributed by atoms with E-state index in [1.807, 2.05) is 37.3 Å². The van der Waals surface area contributed by atoms with Crippen LogP contribution >= 0.6 is 0 Å². The Bertz CT molecular complexity index is 855. The maximum atomic E-state index is 13.2. The van der Waals surface area contributed by atoms with Crippen molar-refractivity contribution >= 4 is 10.0 Å². The van der Waals surface area contributed by atoms with E-state index in [0.717, 1.165) is 24.2 Å². The monoisotopic (exact) mass is 343 g/mol. The summed E-state index contributed by atoms with van der Waals surface area (Å²) in [6.07, 6.45) is 5.36. The van der Waals surface area contributed by atoms with Crippen LogP contribution < -0.4 is 0 Å². The van der Waals surface area contributed by atoms with E-state index in [9.17, 15) is 8.42 Å². The van der Waals surface area contributed by atoms with Crippen LogP contribution in [0.25, 0.3) is 0 Å². The van der Waals surface area contributed by atoms with Crippen molar-refractivity contribution in [1.29, 1.82) is 0 Å². The first kappa shape index (κ1) is 15.7. The fourth-order valence-corrected chi connectivity index (χ4v) is 5.89. The van der Waals surface area contributed by atoms with Gasteiger partial charge < -0.3 is 4.42 Å². The molecule has 0 amide bonds. The van der Waals surface area contributed by atoms with Gasteiger partial charge in [-0.15, -0.1) is 6.58 Å². The molecular formula is C19H21NO3S. The number of rotatable bonds is 5. The van der Waals surface area contributed by atoms with Gasteiger partial charge in [-0.05, 0) is 49.9 Å². The summed E-state index contributed by atoms with van der Waals surface area (Å²) in [7, 11) is -3.55. The molecule has 1 saturated heterocycles. The van der Waals surface area contributed by atoms with Crippen molar-refractivity contribution in [2.75, 3.05) is 6.54 Å². The molecule has 1 aliphatic carbocycles. The molecule has 0 bridgehead atoms. The summed E-state index contributed by atoms with van der Waals surface area (Å²) in [5.41, 5.74) is 0.987. The predicted molar refractivity (Wildman–Crippen MR) is 91.9 cm³/mol. The summed E-state index contributed by atoms with van der Waals surface area (Å²) in [6, 6.07) is 10.5. The number of furan rings is 1. The van der Waals surface area contributed by atoms with Crippen LogP contribution in [0, 0.1) is 18.3 Å². The average molecular weight is 343 g/mol. The van der Waals surface area contributed by atoms with Crippen molar-refractivity contribution in [1.82, 2.24) is 4.31 Å². The number of hydrogen-bond donors (Lipinski definition) is 0. The predicted octanol–water partition coefficient (Wildman–Crippen LogP) is 3.92. The smallest absolute Gasteiger partial charge is 0.243 e. The minimum Gasteiger partial charge on any atom is -0.468 e. The number of benzene rings is 1. The average Bonchev–Trinajstić information content (AvgIpc) is 2.91. The molecule has 2 heterocycles. The number of fused-ring (bicyclic) bond motifs is 1. The molecule has 0 radical (unpaired) electrons. The van der Waals surface area contributed by atoms with Crippen LogP contribution in [0.3, 0.4) is 0 Å². The lowest BCUT2D eigenvalue weighted by Gasteiger charge is -2.29. The van der Waals surface area contributed by atoms with E-state index in [-0.39, 0.29) is 11.5 Å². The number of allylic oxidation sites excluding steroid dienone is 1. The molecule has 1 unspecified atom stereocenters. The Morgan fingerprint density at radius 1 is 1.33 bits per heavy atom. The minimum absolute atomic E-state index is 0.0582. The van der Waals surface area contributed by atoms with Crippen LogP contribution in [0.2, 0.25) is 0 Å². The van der Waals surface area contributed by atoms with Crippen LogP contribution in [0.5, 0.6) is 0 Å². The van der Waals surface area contributed by atoms with Gasteiger partial charge >= 0.3 is 0 Å². The Labute approximate surface area is 142 Å². The van der Waals surface area contributed by atoms with Gasteiger partial charge in [0.2, 0.25) is 10.0 Å². The van der Waals surface area contributed by atoms with Gasteiger partial charge in [-0.25, -0.2) is 8.42 Å². The zero-order valence-corrected chi connectivity index (χ0v) is 14.5. The molecular weight excluding hydrogens is 322 g/mol. The van der Waals surface area contributed by atoms with Gasteiger partial charge in [0.05, 0.1) is 17.2 Å². The summed E-state index contributed by atoms with van der Waals surface area (Å²) in [6.45, 7) is 6.37. The maximum absolute atomic E-state index is 13.2. The van der Waals surface area contributed by atoms with Gasteiger partial charge in [0.25, 0.3) is 0 Å². The summed E-state index contributed by atoms with van der Waals surface area (Å²) in [5.74, 6) is 1.11. The van der Waals surface area contributed by atoms with E-state index in [2.05, 4.69) is 6.58 Å². The van der Waals surface area contributed by atoms with Crippen LogP contribution in [0.15, 0.2) is 64.6 Å². The zero-order valence-electron chi connectivity index (χ0n) is 13.7. The van der Waals surface area contributed by atoms with E-state index in [0.29, 0.717) is 17.4 Å². The molecule has 24 heavy (non-hydrogen) atoms. The normalized spacial score (nSPS) is 29.4. The third kappa shape index (κ3) is 2.19. The molecule has 1 saturated carbocycles. The first-order valence-electron chi connectivity index (χ1n) is 8.22. The number of nitrogens with zero attached hydrogens (tertiary/aromatic N) is 1. The van der Waals surface area contributed by atoms with Gasteiger partial charge in [-0.3, -0.25) is 0 Å². The lowest BCUT2D eigenvalue weighted by atomic mass is 9.91. The molecule has 126 valence electrons. The SMILES string of the molecule is C=CC[C@@]12CC1CN(S(=O)(=O)c1ccc(C)cc1)[C@H]2c1ccco1. The first-order chi connectivity index (χ1) is 11.5. The highest BCUT2D eigenvalue weighted by molar-refractivity contribution is 7.89. The number of hydrogen-bond acceptors (Lipinski definition) is 3. The van der Waals surface area contributed by atoms with Crippen molar-refractivity contribution < 1.29 is 12.8 Å². The maximum Gasteiger partial charge on any atom is 0.243 e. The highest BCUT2D eigenvalue weighted by atomic mass is 32.2. The molecule has 0 N–H and O–H groups in total. The molecule has 3 atom stereocenters. The standard InChI is InChI=1S/C19H21NO3S/c1-3-10-19-12-15(19)13-20(18(19)17-5-4-11-23-17)24(21,22)16-8-6-14(2)7-9-16/h3-9,11,15,18H,1,10,12-13H2,2H3/t15?,18-,19+/m0/s1. The Kier molecular flexibility index (Phi) is 3.48. The van der Waals surface area contributed by atoms with Gasteiger partial charge in [0.1, 0.15) is 5.76 Å². The molecule has 1 aliphatic heterocycles. The van der Waals surface area contributed by atoms with E-state index < -0.39 is 10.0 Å². The molecule has 1 aromatic heterocycles. The zero-order chi connectivity index (χ0) is 16.9. The van der Waals surface area contributed by atoms with Crippen molar-refractivity contribution in [3.63, 3.8) is 0 Å². The van der Waals surface area contributed by atoms with Crippen molar-refractivity contribution in [2.24, 2.45) is 11.3 Å². The quantitative estimate of drug-likeness (QED) is 0.773. The van der Waals surface area contributed by atoms with Gasteiger partial charge in [-0.1, -0.05) is 23.8 Å². The van der Waals surface area contributed by atoms with E-state index in [1.165, 1.54) is 0 Å². The van der Waals surface area contributed by atoms with Crippen LogP contribution in [-0.4, -0.2) is 19.3 Å². The van der Waals surface area contributed by atoms with Crippen molar-refractivity contribution in [3.05, 3.63) is 66.6 Å². The second kappa shape index (κ2) is 5.33.